The third kappa shape index (κ3) is 1.21. The van der Waals surface area contributed by atoms with Crippen LogP contribution in [-0.4, -0.2) is 21.6 Å². The van der Waals surface area contributed by atoms with Gasteiger partial charge in [-0.3, -0.25) is 0 Å². The van der Waals surface area contributed by atoms with E-state index in [0.29, 0.717) is 6.42 Å². The van der Waals surface area contributed by atoms with Crippen LogP contribution in [0.2, 0.25) is 0 Å². The molecule has 0 fully saturated rings. The van der Waals surface area contributed by atoms with E-state index in [9.17, 15) is 0 Å². The van der Waals surface area contributed by atoms with E-state index in [0.717, 1.165) is 22.2 Å². The Bertz CT molecular complexity index is 484. The third-order valence-electron chi connectivity index (χ3n) is 2.13. The first-order valence-corrected chi connectivity index (χ1v) is 4.30. The summed E-state index contributed by atoms with van der Waals surface area (Å²) in [4.78, 5) is 0. The second kappa shape index (κ2) is 3.41. The summed E-state index contributed by atoms with van der Waals surface area (Å²) in [6, 6.07) is 3.72. The van der Waals surface area contributed by atoms with Crippen LogP contribution in [0.15, 0.2) is 24.8 Å². The molecule has 14 heavy (non-hydrogen) atoms. The summed E-state index contributed by atoms with van der Waals surface area (Å²) >= 11 is 0. The van der Waals surface area contributed by atoms with E-state index in [-0.39, 0.29) is 0 Å². The molecule has 1 heterocycles. The Morgan fingerprint density at radius 2 is 2.29 bits per heavy atom. The summed E-state index contributed by atoms with van der Waals surface area (Å²) in [6.07, 6.45) is 3.83. The van der Waals surface area contributed by atoms with Crippen LogP contribution in [0.1, 0.15) is 11.1 Å². The van der Waals surface area contributed by atoms with Crippen LogP contribution in [-0.2, 0) is 6.42 Å². The number of rotatable bonds is 3. The minimum absolute atomic E-state index is 0.703. The first-order valence-electron chi connectivity index (χ1n) is 4.30. The summed E-state index contributed by atoms with van der Waals surface area (Å²) in [5.41, 5.74) is 3.52. The van der Waals surface area contributed by atoms with E-state index in [2.05, 4.69) is 22.0 Å². The monoisotopic (exact) mass is 186 g/mol. The smallest absolute Gasteiger partial charge is 0.117 e. The molecule has 0 unspecified atom stereocenters. The van der Waals surface area contributed by atoms with Crippen molar-refractivity contribution in [1.82, 2.24) is 15.4 Å². The molecule has 0 saturated carbocycles. The predicted octanol–water partition coefficient (Wildman–Crippen LogP) is 1.68. The van der Waals surface area contributed by atoms with Gasteiger partial charge in [-0.05, 0) is 23.6 Å². The van der Waals surface area contributed by atoms with Gasteiger partial charge in [-0.2, -0.15) is 15.4 Å². The molecule has 0 spiro atoms. The number of hydrogen-bond donors (Lipinski definition) is 2. The van der Waals surface area contributed by atoms with Crippen molar-refractivity contribution in [1.29, 1.82) is 5.41 Å². The number of aromatic nitrogens is 3. The average molecular weight is 186 g/mol. The highest BCUT2D eigenvalue weighted by Crippen LogP contribution is 2.18. The molecule has 2 aromatic rings. The Labute approximate surface area is 81.2 Å². The molecule has 2 N–H and O–H groups in total. The lowest BCUT2D eigenvalue weighted by atomic mass is 10.0. The molecule has 1 aromatic heterocycles. The summed E-state index contributed by atoms with van der Waals surface area (Å²) in [6.45, 7) is 3.69. The van der Waals surface area contributed by atoms with Crippen LogP contribution in [0.3, 0.4) is 0 Å². The maximum absolute atomic E-state index is 7.27. The molecule has 0 bridgehead atoms. The van der Waals surface area contributed by atoms with E-state index >= 15 is 0 Å². The van der Waals surface area contributed by atoms with Gasteiger partial charge < -0.3 is 5.41 Å². The Morgan fingerprint density at radius 3 is 3.00 bits per heavy atom. The molecule has 0 aliphatic heterocycles. The third-order valence-corrected chi connectivity index (χ3v) is 2.13. The molecule has 1 aromatic carbocycles. The van der Waals surface area contributed by atoms with Gasteiger partial charge in [0.1, 0.15) is 11.0 Å². The van der Waals surface area contributed by atoms with Gasteiger partial charge in [0.15, 0.2) is 0 Å². The molecule has 4 nitrogen and oxygen atoms in total. The van der Waals surface area contributed by atoms with Gasteiger partial charge in [0.2, 0.25) is 0 Å². The van der Waals surface area contributed by atoms with Crippen molar-refractivity contribution in [2.45, 2.75) is 6.42 Å². The molecular weight excluding hydrogens is 176 g/mol. The first-order chi connectivity index (χ1) is 6.86. The zero-order valence-corrected chi connectivity index (χ0v) is 7.62. The summed E-state index contributed by atoms with van der Waals surface area (Å²) in [5.74, 6) is 0. The van der Waals surface area contributed by atoms with Crippen molar-refractivity contribution in [3.8, 4) is 0 Å². The highest BCUT2D eigenvalue weighted by molar-refractivity contribution is 5.89. The van der Waals surface area contributed by atoms with Crippen LogP contribution in [0, 0.1) is 5.41 Å². The SMILES string of the molecule is C=CCc1c(C=N)ccc2n[nH]nc12. The number of hydrogen-bond acceptors (Lipinski definition) is 3. The number of benzene rings is 1. The number of fused-ring (bicyclic) bond motifs is 1. The van der Waals surface area contributed by atoms with Gasteiger partial charge in [-0.1, -0.05) is 12.1 Å². The van der Waals surface area contributed by atoms with E-state index in [1.807, 2.05) is 12.1 Å². The van der Waals surface area contributed by atoms with Crippen molar-refractivity contribution >= 4 is 17.2 Å². The van der Waals surface area contributed by atoms with Gasteiger partial charge in [0.05, 0.1) is 0 Å². The van der Waals surface area contributed by atoms with Gasteiger partial charge in [0, 0.05) is 6.21 Å². The van der Waals surface area contributed by atoms with Crippen LogP contribution in [0.5, 0.6) is 0 Å². The predicted molar refractivity (Wildman–Crippen MR) is 55.7 cm³/mol. The maximum atomic E-state index is 7.27. The number of aromatic amines is 1. The summed E-state index contributed by atoms with van der Waals surface area (Å²) in [5, 5.41) is 17.9. The average Bonchev–Trinajstić information content (AvgIpc) is 2.67. The van der Waals surface area contributed by atoms with Crippen LogP contribution < -0.4 is 0 Å². The molecule has 70 valence electrons. The normalized spacial score (nSPS) is 10.3. The Kier molecular flexibility index (Phi) is 2.10. The largest absolute Gasteiger partial charge is 0.308 e. The van der Waals surface area contributed by atoms with Crippen LogP contribution >= 0.6 is 0 Å². The zero-order valence-electron chi connectivity index (χ0n) is 7.62. The molecule has 0 amide bonds. The molecule has 0 aliphatic rings. The topological polar surface area (TPSA) is 65.4 Å². The van der Waals surface area contributed by atoms with Gasteiger partial charge in [-0.25, -0.2) is 0 Å². The maximum Gasteiger partial charge on any atom is 0.117 e. The van der Waals surface area contributed by atoms with E-state index in [1.165, 1.54) is 6.21 Å². The quantitative estimate of drug-likeness (QED) is 0.565. The number of allylic oxidation sites excluding steroid dienone is 1. The summed E-state index contributed by atoms with van der Waals surface area (Å²) < 4.78 is 0. The van der Waals surface area contributed by atoms with Crippen molar-refractivity contribution < 1.29 is 0 Å². The Hall–Kier alpha value is -1.97. The Balaban J connectivity index is 2.74. The molecule has 0 aliphatic carbocycles. The summed E-state index contributed by atoms with van der Waals surface area (Å²) in [7, 11) is 0. The highest BCUT2D eigenvalue weighted by atomic mass is 15.3. The van der Waals surface area contributed by atoms with Gasteiger partial charge in [-0.15, -0.1) is 6.58 Å². The lowest BCUT2D eigenvalue weighted by Crippen LogP contribution is -1.92. The molecule has 0 saturated heterocycles. The minimum Gasteiger partial charge on any atom is -0.308 e. The van der Waals surface area contributed by atoms with Crippen molar-refractivity contribution in [2.24, 2.45) is 0 Å². The van der Waals surface area contributed by atoms with Crippen molar-refractivity contribution in [2.75, 3.05) is 0 Å². The second-order valence-electron chi connectivity index (χ2n) is 2.96. The van der Waals surface area contributed by atoms with E-state index < -0.39 is 0 Å². The van der Waals surface area contributed by atoms with E-state index in [4.69, 9.17) is 5.41 Å². The molecule has 4 heteroatoms. The molecular formula is C10H10N4. The molecule has 0 atom stereocenters. The first kappa shape index (κ1) is 8.62. The highest BCUT2D eigenvalue weighted by Gasteiger charge is 2.07. The van der Waals surface area contributed by atoms with Crippen LogP contribution in [0.25, 0.3) is 11.0 Å². The minimum atomic E-state index is 0.703. The molecule has 2 rings (SSSR count). The van der Waals surface area contributed by atoms with Gasteiger partial charge in [0.25, 0.3) is 0 Å². The fraction of sp³-hybridized carbons (Fsp3) is 0.100. The second-order valence-corrected chi connectivity index (χ2v) is 2.96. The van der Waals surface area contributed by atoms with Crippen LogP contribution in [0.4, 0.5) is 0 Å². The number of nitrogens with zero attached hydrogens (tertiary/aromatic N) is 2. The van der Waals surface area contributed by atoms with Gasteiger partial charge >= 0.3 is 0 Å². The number of H-pyrrole nitrogens is 1. The fourth-order valence-electron chi connectivity index (χ4n) is 1.48. The fourth-order valence-corrected chi connectivity index (χ4v) is 1.48. The number of nitrogens with one attached hydrogen (secondary N) is 2. The standard InChI is InChI=1S/C10H10N4/c1-2-3-8-7(6-11)4-5-9-10(8)13-14-12-9/h2,4-6,11H,1,3H2,(H,12,13,14). The van der Waals surface area contributed by atoms with E-state index in [1.54, 1.807) is 6.08 Å². The zero-order chi connectivity index (χ0) is 9.97. The van der Waals surface area contributed by atoms with Crippen molar-refractivity contribution in [3.05, 3.63) is 35.9 Å². The lowest BCUT2D eigenvalue weighted by molar-refractivity contribution is 0.957. The molecule has 0 radical (unpaired) electrons. The van der Waals surface area contributed by atoms with Crippen molar-refractivity contribution in [3.63, 3.8) is 0 Å². The Morgan fingerprint density at radius 1 is 1.43 bits per heavy atom. The lowest BCUT2D eigenvalue weighted by Gasteiger charge is -2.01.